The van der Waals surface area contributed by atoms with Crippen molar-refractivity contribution in [3.63, 3.8) is 0 Å². The smallest absolute Gasteiger partial charge is 0.331 e. The number of rotatable bonds is 8. The summed E-state index contributed by atoms with van der Waals surface area (Å²) in [5.74, 6) is -3.07. The molecular weight excluding hydrogens is 382 g/mol. The van der Waals surface area contributed by atoms with Crippen LogP contribution in [0.25, 0.3) is 0 Å². The summed E-state index contributed by atoms with van der Waals surface area (Å²) in [4.78, 5) is 25.9. The number of para-hydroxylation sites is 1. The molecule has 154 valence electrons. The van der Waals surface area contributed by atoms with Gasteiger partial charge in [-0.2, -0.15) is 0 Å². The monoisotopic (exact) mass is 405 g/mol. The predicted molar refractivity (Wildman–Crippen MR) is 113 cm³/mol. The molecule has 3 aromatic carbocycles. The first kappa shape index (κ1) is 21.1. The summed E-state index contributed by atoms with van der Waals surface area (Å²) < 4.78 is 5.08. The Morgan fingerprint density at radius 3 is 1.93 bits per heavy atom. The number of aliphatic carboxylic acids is 1. The van der Waals surface area contributed by atoms with Crippen molar-refractivity contribution in [2.24, 2.45) is 5.73 Å². The highest BCUT2D eigenvalue weighted by Crippen LogP contribution is 2.35. The van der Waals surface area contributed by atoms with Crippen LogP contribution in [0.5, 0.6) is 11.5 Å². The van der Waals surface area contributed by atoms with E-state index in [1.165, 1.54) is 19.2 Å². The maximum Gasteiger partial charge on any atom is 0.331 e. The third kappa shape index (κ3) is 4.04. The van der Waals surface area contributed by atoms with E-state index in [4.69, 9.17) is 10.5 Å². The number of benzene rings is 3. The van der Waals surface area contributed by atoms with E-state index in [9.17, 15) is 19.8 Å². The van der Waals surface area contributed by atoms with Crippen molar-refractivity contribution in [3.8, 4) is 11.5 Å². The van der Waals surface area contributed by atoms with Crippen molar-refractivity contribution in [2.75, 3.05) is 7.11 Å². The Morgan fingerprint density at radius 1 is 0.933 bits per heavy atom. The average Bonchev–Trinajstić information content (AvgIpc) is 2.76. The van der Waals surface area contributed by atoms with Gasteiger partial charge >= 0.3 is 5.97 Å². The van der Waals surface area contributed by atoms with Gasteiger partial charge in [-0.25, -0.2) is 4.79 Å². The Balaban J connectivity index is 2.09. The van der Waals surface area contributed by atoms with Crippen LogP contribution in [0.15, 0.2) is 78.9 Å². The molecule has 0 fully saturated rings. The molecule has 1 unspecified atom stereocenters. The molecule has 0 heterocycles. The molecule has 30 heavy (non-hydrogen) atoms. The highest BCUT2D eigenvalue weighted by Gasteiger charge is 2.46. The number of nitrogens with two attached hydrogens (primary N) is 1. The Labute approximate surface area is 174 Å². The molecule has 0 aliphatic heterocycles. The molecule has 0 amide bonds. The number of methoxy groups -OCH3 is 1. The van der Waals surface area contributed by atoms with Gasteiger partial charge in [-0.3, -0.25) is 4.79 Å². The highest BCUT2D eigenvalue weighted by molar-refractivity contribution is 6.11. The minimum Gasteiger partial charge on any atom is -0.504 e. The second-order valence-electron chi connectivity index (χ2n) is 7.04. The first-order chi connectivity index (χ1) is 14.4. The number of phenolic OH excluding ortho intramolecular Hbond substituents is 1. The normalized spacial score (nSPS) is 12.9. The number of hydrogen-bond donors (Lipinski definition) is 3. The van der Waals surface area contributed by atoms with Gasteiger partial charge < -0.3 is 20.7 Å². The molecule has 3 rings (SSSR count). The summed E-state index contributed by atoms with van der Waals surface area (Å²) >= 11 is 0. The summed E-state index contributed by atoms with van der Waals surface area (Å²) in [5.41, 5.74) is 5.48. The first-order valence-electron chi connectivity index (χ1n) is 9.40. The molecule has 6 nitrogen and oxygen atoms in total. The van der Waals surface area contributed by atoms with Crippen LogP contribution in [0, 0.1) is 0 Å². The van der Waals surface area contributed by atoms with Gasteiger partial charge in [0, 0.05) is 12.0 Å². The maximum atomic E-state index is 13.7. The minimum absolute atomic E-state index is 0.176. The fourth-order valence-electron chi connectivity index (χ4n) is 3.49. The maximum absolute atomic E-state index is 13.7. The molecule has 3 aromatic rings. The quantitative estimate of drug-likeness (QED) is 0.497. The Bertz CT molecular complexity index is 996. The largest absolute Gasteiger partial charge is 0.504 e. The van der Waals surface area contributed by atoms with Crippen molar-refractivity contribution in [1.29, 1.82) is 0 Å². The molecule has 0 aromatic heterocycles. The second kappa shape index (κ2) is 8.80. The summed E-state index contributed by atoms with van der Waals surface area (Å²) in [6.45, 7) is 0. The first-order valence-corrected chi connectivity index (χ1v) is 9.40. The Morgan fingerprint density at radius 2 is 1.47 bits per heavy atom. The average molecular weight is 405 g/mol. The van der Waals surface area contributed by atoms with Gasteiger partial charge in [0.15, 0.2) is 22.8 Å². The molecule has 0 radical (unpaired) electrons. The van der Waals surface area contributed by atoms with E-state index in [-0.39, 0.29) is 23.5 Å². The minimum atomic E-state index is -2.26. The van der Waals surface area contributed by atoms with Crippen molar-refractivity contribution in [1.82, 2.24) is 0 Å². The van der Waals surface area contributed by atoms with Gasteiger partial charge in [0.05, 0.1) is 13.0 Å². The van der Waals surface area contributed by atoms with E-state index in [0.29, 0.717) is 11.1 Å². The molecule has 0 bridgehead atoms. The van der Waals surface area contributed by atoms with Gasteiger partial charge in [-0.1, -0.05) is 72.8 Å². The van der Waals surface area contributed by atoms with Crippen molar-refractivity contribution >= 4 is 11.8 Å². The van der Waals surface area contributed by atoms with E-state index in [1.807, 2.05) is 12.1 Å². The van der Waals surface area contributed by atoms with E-state index < -0.39 is 23.2 Å². The number of Topliss-reactive ketones (excluding diaryl/α,β-unsaturated/α-hetero) is 1. The van der Waals surface area contributed by atoms with Crippen molar-refractivity contribution < 1.29 is 24.5 Å². The molecular formula is C24H23NO5. The zero-order valence-corrected chi connectivity index (χ0v) is 16.5. The van der Waals surface area contributed by atoms with Crippen molar-refractivity contribution in [2.45, 2.75) is 17.9 Å². The van der Waals surface area contributed by atoms with E-state index in [2.05, 4.69) is 0 Å². The molecule has 0 aliphatic carbocycles. The Kier molecular flexibility index (Phi) is 6.18. The van der Waals surface area contributed by atoms with Crippen LogP contribution >= 0.6 is 0 Å². The van der Waals surface area contributed by atoms with Crippen LogP contribution in [0.2, 0.25) is 0 Å². The lowest BCUT2D eigenvalue weighted by Crippen LogP contribution is -2.58. The third-order valence-corrected chi connectivity index (χ3v) is 5.12. The SMILES string of the molecule is COc1cccc(CC(N)(C(=O)O)C(=O)C(c2ccccc2)c2ccccc2)c1O. The summed E-state index contributed by atoms with van der Waals surface area (Å²) in [7, 11) is 1.39. The van der Waals surface area contributed by atoms with Gasteiger partial charge in [0.1, 0.15) is 0 Å². The lowest BCUT2D eigenvalue weighted by atomic mass is 9.76. The third-order valence-electron chi connectivity index (χ3n) is 5.12. The van der Waals surface area contributed by atoms with Crippen molar-refractivity contribution in [3.05, 3.63) is 95.6 Å². The van der Waals surface area contributed by atoms with Gasteiger partial charge in [-0.15, -0.1) is 0 Å². The van der Waals surface area contributed by atoms with Gasteiger partial charge in [0.2, 0.25) is 0 Å². The molecule has 4 N–H and O–H groups in total. The number of carboxylic acid groups (broad SMARTS) is 1. The van der Waals surface area contributed by atoms with Crippen LogP contribution in [-0.2, 0) is 16.0 Å². The predicted octanol–water partition coefficient (Wildman–Crippen LogP) is 3.13. The molecule has 0 saturated heterocycles. The fourth-order valence-corrected chi connectivity index (χ4v) is 3.49. The summed E-state index contributed by atoms with van der Waals surface area (Å²) in [6.07, 6.45) is -0.389. The van der Waals surface area contributed by atoms with Crippen LogP contribution in [-0.4, -0.2) is 34.6 Å². The molecule has 0 aliphatic rings. The number of carboxylic acids is 1. The van der Waals surface area contributed by atoms with E-state index in [0.717, 1.165) is 0 Å². The molecule has 1 atom stereocenters. The fraction of sp³-hybridized carbons (Fsp3) is 0.167. The lowest BCUT2D eigenvalue weighted by Gasteiger charge is -2.29. The summed E-state index contributed by atoms with van der Waals surface area (Å²) in [5, 5.41) is 20.4. The van der Waals surface area contributed by atoms with Crippen LogP contribution in [0.3, 0.4) is 0 Å². The Hall–Kier alpha value is -3.64. The zero-order valence-electron chi connectivity index (χ0n) is 16.5. The zero-order chi connectivity index (χ0) is 21.7. The number of ketones is 1. The summed E-state index contributed by atoms with van der Waals surface area (Å²) in [6, 6.07) is 22.5. The molecule has 6 heteroatoms. The van der Waals surface area contributed by atoms with Crippen LogP contribution < -0.4 is 10.5 Å². The number of phenols is 1. The standard InChI is InChI=1S/C24H23NO5/c1-30-19-14-8-13-18(21(19)26)15-24(25,23(28)29)22(27)20(16-9-4-2-5-10-16)17-11-6-3-7-12-17/h2-14,20,26H,15,25H2,1H3,(H,28,29). The number of carbonyl (C=O) groups is 2. The molecule has 0 saturated carbocycles. The number of hydrogen-bond acceptors (Lipinski definition) is 5. The van der Waals surface area contributed by atoms with Crippen LogP contribution in [0.1, 0.15) is 22.6 Å². The molecule has 0 spiro atoms. The van der Waals surface area contributed by atoms with Gasteiger partial charge in [0.25, 0.3) is 0 Å². The second-order valence-corrected chi connectivity index (χ2v) is 7.04. The highest BCUT2D eigenvalue weighted by atomic mass is 16.5. The number of ether oxygens (including phenoxy) is 1. The van der Waals surface area contributed by atoms with E-state index in [1.54, 1.807) is 54.6 Å². The van der Waals surface area contributed by atoms with Gasteiger partial charge in [-0.05, 0) is 17.2 Å². The number of aromatic hydroxyl groups is 1. The van der Waals surface area contributed by atoms with E-state index >= 15 is 0 Å². The topological polar surface area (TPSA) is 110 Å². The lowest BCUT2D eigenvalue weighted by molar-refractivity contribution is -0.148. The van der Waals surface area contributed by atoms with Crippen LogP contribution in [0.4, 0.5) is 0 Å². The number of carbonyl (C=O) groups excluding carboxylic acids is 1.